The minimum atomic E-state index is -0.400. The van der Waals surface area contributed by atoms with Gasteiger partial charge >= 0.3 is 0 Å². The molecule has 100 valence electrons. The van der Waals surface area contributed by atoms with Gasteiger partial charge in [0.2, 0.25) is 5.95 Å². The maximum Gasteiger partial charge on any atom is 0.222 e. The number of anilines is 1. The second kappa shape index (κ2) is 6.64. The molecule has 1 aromatic rings. The molecule has 18 heavy (non-hydrogen) atoms. The molecule has 0 amide bonds. The zero-order valence-corrected chi connectivity index (χ0v) is 10.9. The van der Waals surface area contributed by atoms with Crippen molar-refractivity contribution in [1.82, 2.24) is 14.9 Å². The van der Waals surface area contributed by atoms with Crippen molar-refractivity contribution in [2.24, 2.45) is 0 Å². The SMILES string of the molecule is CC1CCCCN1CCCNc1ncc(F)cn1. The number of hydrogen-bond donors (Lipinski definition) is 1. The van der Waals surface area contributed by atoms with Gasteiger partial charge in [-0.1, -0.05) is 6.42 Å². The van der Waals surface area contributed by atoms with Crippen molar-refractivity contribution in [3.8, 4) is 0 Å². The maximum absolute atomic E-state index is 12.6. The van der Waals surface area contributed by atoms with Crippen LogP contribution in [0, 0.1) is 5.82 Å². The molecule has 1 aliphatic rings. The Balaban J connectivity index is 1.65. The molecular formula is C13H21FN4. The number of piperidine rings is 1. The Labute approximate surface area is 108 Å². The highest BCUT2D eigenvalue weighted by molar-refractivity contribution is 5.21. The molecule has 1 fully saturated rings. The molecule has 5 heteroatoms. The Kier molecular flexibility index (Phi) is 4.87. The van der Waals surface area contributed by atoms with Crippen LogP contribution >= 0.6 is 0 Å². The first kappa shape index (κ1) is 13.2. The summed E-state index contributed by atoms with van der Waals surface area (Å²) in [6.45, 7) is 5.45. The summed E-state index contributed by atoms with van der Waals surface area (Å²) in [6.07, 6.45) is 7.42. The van der Waals surface area contributed by atoms with E-state index in [2.05, 4.69) is 27.1 Å². The lowest BCUT2D eigenvalue weighted by molar-refractivity contribution is 0.160. The molecular weight excluding hydrogens is 231 g/mol. The molecule has 1 aliphatic heterocycles. The third kappa shape index (κ3) is 3.91. The summed E-state index contributed by atoms with van der Waals surface area (Å²) in [7, 11) is 0. The van der Waals surface area contributed by atoms with Gasteiger partial charge in [0.15, 0.2) is 5.82 Å². The first-order valence-corrected chi connectivity index (χ1v) is 6.71. The van der Waals surface area contributed by atoms with Gasteiger partial charge in [0.05, 0.1) is 12.4 Å². The van der Waals surface area contributed by atoms with E-state index in [1.165, 1.54) is 38.2 Å². The molecule has 0 bridgehead atoms. The molecule has 1 atom stereocenters. The molecule has 1 N–H and O–H groups in total. The molecule has 0 aliphatic carbocycles. The van der Waals surface area contributed by atoms with Crippen LogP contribution in [0.3, 0.4) is 0 Å². The van der Waals surface area contributed by atoms with Crippen LogP contribution in [-0.4, -0.2) is 40.5 Å². The van der Waals surface area contributed by atoms with E-state index in [1.54, 1.807) is 0 Å². The molecule has 1 saturated heterocycles. The molecule has 0 radical (unpaired) electrons. The first-order chi connectivity index (χ1) is 8.75. The van der Waals surface area contributed by atoms with Crippen molar-refractivity contribution in [3.63, 3.8) is 0 Å². The summed E-state index contributed by atoms with van der Waals surface area (Å²) in [4.78, 5) is 10.3. The Morgan fingerprint density at radius 3 is 2.89 bits per heavy atom. The Hall–Kier alpha value is -1.23. The fourth-order valence-corrected chi connectivity index (χ4v) is 2.38. The van der Waals surface area contributed by atoms with E-state index in [1.807, 2.05) is 0 Å². The van der Waals surface area contributed by atoms with Gasteiger partial charge < -0.3 is 10.2 Å². The lowest BCUT2D eigenvalue weighted by atomic mass is 10.0. The smallest absolute Gasteiger partial charge is 0.222 e. The van der Waals surface area contributed by atoms with Crippen molar-refractivity contribution in [2.75, 3.05) is 25.0 Å². The number of nitrogens with one attached hydrogen (secondary N) is 1. The second-order valence-corrected chi connectivity index (χ2v) is 4.89. The summed E-state index contributed by atoms with van der Waals surface area (Å²) in [6, 6.07) is 0.709. The van der Waals surface area contributed by atoms with Crippen LogP contribution in [0.4, 0.5) is 10.3 Å². The summed E-state index contributed by atoms with van der Waals surface area (Å²) in [5.74, 6) is 0.103. The zero-order chi connectivity index (χ0) is 12.8. The number of likely N-dealkylation sites (tertiary alicyclic amines) is 1. The Morgan fingerprint density at radius 2 is 2.17 bits per heavy atom. The van der Waals surface area contributed by atoms with E-state index in [4.69, 9.17) is 0 Å². The lowest BCUT2D eigenvalue weighted by Crippen LogP contribution is -2.38. The molecule has 0 saturated carbocycles. The normalized spacial score (nSPS) is 20.9. The highest BCUT2D eigenvalue weighted by atomic mass is 19.1. The average molecular weight is 252 g/mol. The topological polar surface area (TPSA) is 41.0 Å². The molecule has 0 aromatic carbocycles. The van der Waals surface area contributed by atoms with E-state index in [0.29, 0.717) is 12.0 Å². The second-order valence-electron chi connectivity index (χ2n) is 4.89. The average Bonchev–Trinajstić information content (AvgIpc) is 2.39. The van der Waals surface area contributed by atoms with Gasteiger partial charge in [0, 0.05) is 19.1 Å². The van der Waals surface area contributed by atoms with Gasteiger partial charge in [-0.25, -0.2) is 14.4 Å². The monoisotopic (exact) mass is 252 g/mol. The van der Waals surface area contributed by atoms with Gasteiger partial charge in [0.25, 0.3) is 0 Å². The van der Waals surface area contributed by atoms with Gasteiger partial charge in [-0.05, 0) is 32.7 Å². The highest BCUT2D eigenvalue weighted by Crippen LogP contribution is 2.16. The van der Waals surface area contributed by atoms with Crippen molar-refractivity contribution >= 4 is 5.95 Å². The predicted octanol–water partition coefficient (Wildman–Crippen LogP) is 2.29. The van der Waals surface area contributed by atoms with E-state index < -0.39 is 5.82 Å². The van der Waals surface area contributed by atoms with E-state index >= 15 is 0 Å². The number of halogens is 1. The summed E-state index contributed by atoms with van der Waals surface area (Å²) in [5, 5.41) is 3.11. The Bertz CT molecular complexity index is 355. The number of nitrogens with zero attached hydrogens (tertiary/aromatic N) is 3. The van der Waals surface area contributed by atoms with Crippen molar-refractivity contribution in [1.29, 1.82) is 0 Å². The van der Waals surface area contributed by atoms with E-state index in [-0.39, 0.29) is 0 Å². The van der Waals surface area contributed by atoms with Crippen molar-refractivity contribution in [3.05, 3.63) is 18.2 Å². The molecule has 1 unspecified atom stereocenters. The quantitative estimate of drug-likeness (QED) is 0.816. The van der Waals surface area contributed by atoms with Crippen LogP contribution in [0.2, 0.25) is 0 Å². The van der Waals surface area contributed by atoms with E-state index in [0.717, 1.165) is 19.5 Å². The van der Waals surface area contributed by atoms with Gasteiger partial charge in [-0.2, -0.15) is 0 Å². The fourth-order valence-electron chi connectivity index (χ4n) is 2.38. The lowest BCUT2D eigenvalue weighted by Gasteiger charge is -2.33. The minimum absolute atomic E-state index is 0.400. The summed E-state index contributed by atoms with van der Waals surface area (Å²) < 4.78 is 12.6. The molecule has 1 aromatic heterocycles. The maximum atomic E-state index is 12.6. The first-order valence-electron chi connectivity index (χ1n) is 6.71. The van der Waals surface area contributed by atoms with Crippen molar-refractivity contribution in [2.45, 2.75) is 38.6 Å². The summed E-state index contributed by atoms with van der Waals surface area (Å²) >= 11 is 0. The third-order valence-corrected chi connectivity index (χ3v) is 3.47. The van der Waals surface area contributed by atoms with Crippen LogP contribution in [0.15, 0.2) is 12.4 Å². The van der Waals surface area contributed by atoms with Crippen LogP contribution < -0.4 is 5.32 Å². The van der Waals surface area contributed by atoms with Gasteiger partial charge in [-0.3, -0.25) is 0 Å². The summed E-state index contributed by atoms with van der Waals surface area (Å²) in [5.41, 5.74) is 0. The van der Waals surface area contributed by atoms with Crippen LogP contribution in [0.25, 0.3) is 0 Å². The van der Waals surface area contributed by atoms with Crippen LogP contribution in [-0.2, 0) is 0 Å². The van der Waals surface area contributed by atoms with Crippen LogP contribution in [0.5, 0.6) is 0 Å². The molecule has 2 heterocycles. The van der Waals surface area contributed by atoms with Crippen LogP contribution in [0.1, 0.15) is 32.6 Å². The predicted molar refractivity (Wildman–Crippen MR) is 70.0 cm³/mol. The zero-order valence-electron chi connectivity index (χ0n) is 10.9. The molecule has 2 rings (SSSR count). The highest BCUT2D eigenvalue weighted by Gasteiger charge is 2.16. The number of aromatic nitrogens is 2. The van der Waals surface area contributed by atoms with Gasteiger partial charge in [0.1, 0.15) is 0 Å². The molecule has 0 spiro atoms. The number of rotatable bonds is 5. The Morgan fingerprint density at radius 1 is 1.39 bits per heavy atom. The molecule has 4 nitrogen and oxygen atoms in total. The standard InChI is InChI=1S/C13H21FN4/c1-11-5-2-3-7-18(11)8-4-6-15-13-16-9-12(14)10-17-13/h9-11H,2-8H2,1H3,(H,15,16,17). The third-order valence-electron chi connectivity index (χ3n) is 3.47. The number of hydrogen-bond acceptors (Lipinski definition) is 4. The minimum Gasteiger partial charge on any atom is -0.354 e. The largest absolute Gasteiger partial charge is 0.354 e. The van der Waals surface area contributed by atoms with Gasteiger partial charge in [-0.15, -0.1) is 0 Å². The fraction of sp³-hybridized carbons (Fsp3) is 0.692. The van der Waals surface area contributed by atoms with E-state index in [9.17, 15) is 4.39 Å². The van der Waals surface area contributed by atoms with Crippen molar-refractivity contribution < 1.29 is 4.39 Å².